The fourth-order valence-corrected chi connectivity index (χ4v) is 5.39. The van der Waals surface area contributed by atoms with Crippen molar-refractivity contribution in [3.63, 3.8) is 0 Å². The first-order chi connectivity index (χ1) is 14.8. The van der Waals surface area contributed by atoms with Gasteiger partial charge in [-0.1, -0.05) is 35.9 Å². The molecule has 0 unspecified atom stereocenters. The van der Waals surface area contributed by atoms with Crippen molar-refractivity contribution in [3.8, 4) is 0 Å². The van der Waals surface area contributed by atoms with Crippen molar-refractivity contribution in [2.24, 2.45) is 0 Å². The van der Waals surface area contributed by atoms with E-state index in [4.69, 9.17) is 11.6 Å². The van der Waals surface area contributed by atoms with Gasteiger partial charge in [-0.2, -0.15) is 0 Å². The lowest BCUT2D eigenvalue weighted by Crippen LogP contribution is -2.12. The normalized spacial score (nSPS) is 11.4. The Bertz CT molecular complexity index is 1390. The van der Waals surface area contributed by atoms with Gasteiger partial charge in [0.2, 0.25) is 0 Å². The molecule has 1 heterocycles. The quantitative estimate of drug-likeness (QED) is 0.352. The lowest BCUT2D eigenvalue weighted by atomic mass is 10.1. The zero-order valence-corrected chi connectivity index (χ0v) is 19.8. The maximum absolute atomic E-state index is 14.3. The summed E-state index contributed by atoms with van der Waals surface area (Å²) < 4.78 is 42.4. The van der Waals surface area contributed by atoms with Crippen LogP contribution < -0.4 is 10.6 Å². The summed E-state index contributed by atoms with van der Waals surface area (Å²) in [6.45, 7) is 2.30. The van der Waals surface area contributed by atoms with Crippen LogP contribution in [0.5, 0.6) is 0 Å². The molecule has 0 radical (unpaired) electrons. The monoisotopic (exact) mass is 493 g/mol. The van der Waals surface area contributed by atoms with Gasteiger partial charge in [0.1, 0.15) is 10.7 Å². The summed E-state index contributed by atoms with van der Waals surface area (Å²) in [7, 11) is -2.15. The fourth-order valence-electron chi connectivity index (χ4n) is 3.51. The number of hydrogen-bond donors (Lipinski definition) is 2. The van der Waals surface area contributed by atoms with Crippen LogP contribution in [0.1, 0.15) is 11.1 Å². The van der Waals surface area contributed by atoms with E-state index < -0.39 is 10.0 Å². The molecule has 2 N–H and O–H groups in total. The number of nitrogens with one attached hydrogen (secondary N) is 2. The first kappa shape index (κ1) is 24.1. The van der Waals surface area contributed by atoms with Gasteiger partial charge in [-0.05, 0) is 61.5 Å². The van der Waals surface area contributed by atoms with Crippen LogP contribution in [0, 0.1) is 12.7 Å². The zero-order valence-electron chi connectivity index (χ0n) is 17.4. The smallest absolute Gasteiger partial charge is 0.269 e. The second kappa shape index (κ2) is 9.50. The number of rotatable bonds is 6. The van der Waals surface area contributed by atoms with E-state index in [1.807, 2.05) is 13.0 Å². The highest BCUT2D eigenvalue weighted by Crippen LogP contribution is 2.32. The Hall–Kier alpha value is -2.58. The van der Waals surface area contributed by atoms with Crippen molar-refractivity contribution >= 4 is 56.3 Å². The molecule has 4 rings (SSSR count). The molecule has 32 heavy (non-hydrogen) atoms. The van der Waals surface area contributed by atoms with Crippen molar-refractivity contribution in [3.05, 3.63) is 88.8 Å². The van der Waals surface area contributed by atoms with Crippen molar-refractivity contribution in [1.29, 1.82) is 0 Å². The van der Waals surface area contributed by atoms with Crippen molar-refractivity contribution in [2.75, 3.05) is 12.4 Å². The van der Waals surface area contributed by atoms with Gasteiger partial charge in [0.05, 0.1) is 16.2 Å². The average molecular weight is 494 g/mol. The largest absolute Gasteiger partial charge is 0.353 e. The summed E-state index contributed by atoms with van der Waals surface area (Å²) >= 11 is 6.19. The predicted octanol–water partition coefficient (Wildman–Crippen LogP) is 5.86. The molecule has 1 aromatic heterocycles. The number of fused-ring (bicyclic) bond motifs is 1. The molecule has 0 spiro atoms. The van der Waals surface area contributed by atoms with Crippen LogP contribution in [0.3, 0.4) is 0 Å². The van der Waals surface area contributed by atoms with Crippen LogP contribution in [0.2, 0.25) is 5.02 Å². The molecule has 3 aromatic carbocycles. The van der Waals surface area contributed by atoms with Gasteiger partial charge in [0.25, 0.3) is 10.0 Å². The Kier molecular flexibility index (Phi) is 7.15. The minimum atomic E-state index is -3.94. The van der Waals surface area contributed by atoms with E-state index in [9.17, 15) is 12.8 Å². The van der Waals surface area contributed by atoms with Gasteiger partial charge < -0.3 is 10.6 Å². The number of aryl methyl sites for hydroxylation is 1. The molecule has 0 bridgehead atoms. The van der Waals surface area contributed by atoms with E-state index in [-0.39, 0.29) is 28.1 Å². The van der Waals surface area contributed by atoms with E-state index >= 15 is 0 Å². The minimum absolute atomic E-state index is 0. The number of halogens is 3. The number of nitrogens with zero attached hydrogens (tertiary/aromatic N) is 1. The third kappa shape index (κ3) is 4.47. The van der Waals surface area contributed by atoms with Crippen LogP contribution in [-0.2, 0) is 16.6 Å². The fraction of sp³-hybridized carbons (Fsp3) is 0.130. The summed E-state index contributed by atoms with van der Waals surface area (Å²) in [5.74, 6) is -0.380. The van der Waals surface area contributed by atoms with Crippen LogP contribution in [0.25, 0.3) is 10.9 Å². The Morgan fingerprint density at radius 2 is 1.81 bits per heavy atom. The van der Waals surface area contributed by atoms with E-state index in [1.54, 1.807) is 55.7 Å². The Morgan fingerprint density at radius 1 is 1.06 bits per heavy atom. The lowest BCUT2D eigenvalue weighted by molar-refractivity contribution is 0.589. The average Bonchev–Trinajstić information content (AvgIpc) is 3.09. The molecule has 4 aromatic rings. The van der Waals surface area contributed by atoms with Crippen LogP contribution in [-0.4, -0.2) is 19.4 Å². The van der Waals surface area contributed by atoms with E-state index in [0.29, 0.717) is 23.4 Å². The van der Waals surface area contributed by atoms with E-state index in [0.717, 1.165) is 16.5 Å². The second-order valence-corrected chi connectivity index (χ2v) is 9.45. The summed E-state index contributed by atoms with van der Waals surface area (Å²) in [4.78, 5) is 0.0208. The highest BCUT2D eigenvalue weighted by molar-refractivity contribution is 7.90. The molecular formula is C23H22Cl2FN3O2S. The van der Waals surface area contributed by atoms with Gasteiger partial charge in [0.15, 0.2) is 0 Å². The van der Waals surface area contributed by atoms with Gasteiger partial charge in [-0.3, -0.25) is 0 Å². The number of aromatic nitrogens is 1. The highest BCUT2D eigenvalue weighted by atomic mass is 35.5. The first-order valence-corrected chi connectivity index (χ1v) is 11.4. The molecule has 0 amide bonds. The summed E-state index contributed by atoms with van der Waals surface area (Å²) in [6.07, 6.45) is 1.59. The van der Waals surface area contributed by atoms with Crippen molar-refractivity contribution < 1.29 is 12.8 Å². The second-order valence-electron chi connectivity index (χ2n) is 7.26. The third-order valence-electron chi connectivity index (χ3n) is 5.00. The standard InChI is InChI=1S/C23H21ClFN3O2S.ClH/c1-15-7-10-21(20(25)11-15)27-17-8-9-18-16(13-26-2)14-28(22(18)12-17)31(29,30)23-6-4-3-5-19(23)24;/h3-12,14,26-27H,13H2,1-2H3;1H. The molecule has 0 aliphatic rings. The molecular weight excluding hydrogens is 472 g/mol. The maximum Gasteiger partial charge on any atom is 0.269 e. The third-order valence-corrected chi connectivity index (χ3v) is 7.17. The molecule has 168 valence electrons. The summed E-state index contributed by atoms with van der Waals surface area (Å²) in [6, 6.07) is 16.6. The SMILES string of the molecule is CNCc1cn(S(=O)(=O)c2ccccc2Cl)c2cc(Nc3ccc(C)cc3F)ccc12.Cl. The Labute approximate surface area is 197 Å². The minimum Gasteiger partial charge on any atom is -0.353 e. The van der Waals surface area contributed by atoms with E-state index in [2.05, 4.69) is 10.6 Å². The molecule has 0 saturated heterocycles. The molecule has 0 aliphatic carbocycles. The lowest BCUT2D eigenvalue weighted by Gasteiger charge is -2.11. The molecule has 0 fully saturated rings. The summed E-state index contributed by atoms with van der Waals surface area (Å²) in [5, 5.41) is 7.02. The Balaban J connectivity index is 0.00000289. The molecule has 9 heteroatoms. The zero-order chi connectivity index (χ0) is 22.2. The topological polar surface area (TPSA) is 63.1 Å². The first-order valence-electron chi connectivity index (χ1n) is 9.63. The Morgan fingerprint density at radius 3 is 2.50 bits per heavy atom. The summed E-state index contributed by atoms with van der Waals surface area (Å²) in [5.41, 5.74) is 2.99. The van der Waals surface area contributed by atoms with E-state index in [1.165, 1.54) is 16.1 Å². The highest BCUT2D eigenvalue weighted by Gasteiger charge is 2.23. The van der Waals surface area contributed by atoms with Crippen LogP contribution in [0.4, 0.5) is 15.8 Å². The van der Waals surface area contributed by atoms with Gasteiger partial charge in [0, 0.05) is 23.8 Å². The van der Waals surface area contributed by atoms with Crippen LogP contribution >= 0.6 is 24.0 Å². The molecule has 0 saturated carbocycles. The maximum atomic E-state index is 14.3. The van der Waals surface area contributed by atoms with Gasteiger partial charge in [-0.15, -0.1) is 12.4 Å². The number of hydrogen-bond acceptors (Lipinski definition) is 4. The molecule has 5 nitrogen and oxygen atoms in total. The number of anilines is 2. The van der Waals surface area contributed by atoms with Crippen molar-refractivity contribution in [1.82, 2.24) is 9.29 Å². The van der Waals surface area contributed by atoms with Gasteiger partial charge >= 0.3 is 0 Å². The van der Waals surface area contributed by atoms with Crippen LogP contribution in [0.15, 0.2) is 71.8 Å². The molecule has 0 atom stereocenters. The predicted molar refractivity (Wildman–Crippen MR) is 130 cm³/mol. The van der Waals surface area contributed by atoms with Gasteiger partial charge in [-0.25, -0.2) is 16.8 Å². The number of benzene rings is 3. The van der Waals surface area contributed by atoms with Crippen molar-refractivity contribution in [2.45, 2.75) is 18.4 Å². The molecule has 0 aliphatic heterocycles.